The molecule has 3 heterocycles. The van der Waals surface area contributed by atoms with Crippen LogP contribution in [0.2, 0.25) is 0 Å². The number of benzene rings is 1. The highest BCUT2D eigenvalue weighted by atomic mass is 32.2. The minimum Gasteiger partial charge on any atom is -0.339 e. The number of thiophene rings is 1. The van der Waals surface area contributed by atoms with Crippen LogP contribution in [0.25, 0.3) is 21.3 Å². The molecule has 0 spiro atoms. The summed E-state index contributed by atoms with van der Waals surface area (Å²) in [6.45, 7) is 2.93. The molecule has 2 aromatic heterocycles. The predicted octanol–water partition coefficient (Wildman–Crippen LogP) is 4.14. The maximum atomic E-state index is 12.7. The largest absolute Gasteiger partial charge is 0.339 e. The van der Waals surface area contributed by atoms with Crippen LogP contribution >= 0.6 is 23.1 Å². The smallest absolute Gasteiger partial charge is 0.260 e. The summed E-state index contributed by atoms with van der Waals surface area (Å²) in [5.41, 5.74) is 1.76. The first-order chi connectivity index (χ1) is 13.1. The van der Waals surface area contributed by atoms with Crippen molar-refractivity contribution in [1.29, 1.82) is 0 Å². The highest BCUT2D eigenvalue weighted by Crippen LogP contribution is 2.31. The Morgan fingerprint density at radius 3 is 2.93 bits per heavy atom. The second-order valence-corrected chi connectivity index (χ2v) is 8.61. The summed E-state index contributed by atoms with van der Waals surface area (Å²) < 4.78 is 0. The van der Waals surface area contributed by atoms with E-state index in [0.717, 1.165) is 30.5 Å². The van der Waals surface area contributed by atoms with Crippen LogP contribution in [0.3, 0.4) is 0 Å². The van der Waals surface area contributed by atoms with E-state index in [2.05, 4.69) is 16.9 Å². The van der Waals surface area contributed by atoms with Gasteiger partial charge in [-0.05, 0) is 31.7 Å². The van der Waals surface area contributed by atoms with E-state index < -0.39 is 0 Å². The number of aromatic nitrogens is 2. The second kappa shape index (κ2) is 7.86. The van der Waals surface area contributed by atoms with Gasteiger partial charge in [0.15, 0.2) is 5.16 Å². The summed E-state index contributed by atoms with van der Waals surface area (Å²) >= 11 is 2.77. The van der Waals surface area contributed by atoms with E-state index in [1.54, 1.807) is 0 Å². The van der Waals surface area contributed by atoms with Crippen molar-refractivity contribution in [3.63, 3.8) is 0 Å². The van der Waals surface area contributed by atoms with E-state index in [1.165, 1.54) is 29.5 Å². The first-order valence-corrected chi connectivity index (χ1v) is 11.0. The molecule has 1 aromatic carbocycles. The molecule has 0 bridgehead atoms. The number of thioether (sulfide) groups is 1. The minimum absolute atomic E-state index is 0.117. The quantitative estimate of drug-likeness (QED) is 0.529. The lowest BCUT2D eigenvalue weighted by atomic mass is 10.0. The van der Waals surface area contributed by atoms with Crippen LogP contribution < -0.4 is 5.56 Å². The number of hydrogen-bond donors (Lipinski definition) is 1. The third-order valence-corrected chi connectivity index (χ3v) is 6.69. The number of nitrogens with one attached hydrogen (secondary N) is 1. The van der Waals surface area contributed by atoms with Gasteiger partial charge in [0, 0.05) is 23.5 Å². The summed E-state index contributed by atoms with van der Waals surface area (Å²) in [7, 11) is 0. The van der Waals surface area contributed by atoms with Gasteiger partial charge in [-0.1, -0.05) is 42.1 Å². The third-order valence-electron chi connectivity index (χ3n) is 4.96. The molecule has 0 radical (unpaired) electrons. The van der Waals surface area contributed by atoms with Crippen molar-refractivity contribution in [2.75, 3.05) is 12.3 Å². The standard InChI is InChI=1S/C20H21N3O2S2/c1-13-7-5-6-10-23(13)16(24)12-27-20-21-18(25)17-15(11-26-19(17)22-20)14-8-3-2-4-9-14/h2-4,8-9,11,13H,5-7,10,12H2,1H3,(H,21,22,25)/t13-/m0/s1. The zero-order chi connectivity index (χ0) is 18.8. The first kappa shape index (κ1) is 18.3. The van der Waals surface area contributed by atoms with Crippen molar-refractivity contribution in [2.24, 2.45) is 0 Å². The molecule has 0 unspecified atom stereocenters. The number of amides is 1. The number of likely N-dealkylation sites (tertiary alicyclic amines) is 1. The fraction of sp³-hybridized carbons (Fsp3) is 0.350. The molecule has 1 N–H and O–H groups in total. The molecule has 1 amide bonds. The number of hydrogen-bond acceptors (Lipinski definition) is 5. The highest BCUT2D eigenvalue weighted by Gasteiger charge is 2.23. The lowest BCUT2D eigenvalue weighted by Crippen LogP contribution is -2.43. The van der Waals surface area contributed by atoms with Crippen molar-refractivity contribution >= 4 is 39.2 Å². The molecule has 1 aliphatic rings. The van der Waals surface area contributed by atoms with Crippen molar-refractivity contribution in [2.45, 2.75) is 37.4 Å². The molecule has 1 atom stereocenters. The van der Waals surface area contributed by atoms with Gasteiger partial charge in [0.05, 0.1) is 11.1 Å². The van der Waals surface area contributed by atoms with Gasteiger partial charge in [-0.2, -0.15) is 0 Å². The van der Waals surface area contributed by atoms with Crippen molar-refractivity contribution < 1.29 is 4.79 Å². The van der Waals surface area contributed by atoms with Crippen LogP contribution in [0.4, 0.5) is 0 Å². The molecule has 1 fully saturated rings. The number of H-pyrrole nitrogens is 1. The lowest BCUT2D eigenvalue weighted by molar-refractivity contribution is -0.131. The van der Waals surface area contributed by atoms with E-state index in [4.69, 9.17) is 0 Å². The SMILES string of the molecule is C[C@H]1CCCCN1C(=O)CSc1nc2scc(-c3ccccc3)c2c(=O)[nH]1. The number of nitrogens with zero attached hydrogens (tertiary/aromatic N) is 2. The zero-order valence-corrected chi connectivity index (χ0v) is 16.7. The van der Waals surface area contributed by atoms with Crippen LogP contribution in [0.5, 0.6) is 0 Å². The fourth-order valence-electron chi connectivity index (χ4n) is 3.51. The Kier molecular flexibility index (Phi) is 5.31. The number of carbonyl (C=O) groups is 1. The molecule has 3 aromatic rings. The summed E-state index contributed by atoms with van der Waals surface area (Å²) in [5, 5.41) is 3.09. The van der Waals surface area contributed by atoms with Gasteiger partial charge < -0.3 is 9.88 Å². The molecule has 5 nitrogen and oxygen atoms in total. The average molecular weight is 400 g/mol. The van der Waals surface area contributed by atoms with Crippen LogP contribution in [-0.2, 0) is 4.79 Å². The molecular formula is C20H21N3O2S2. The van der Waals surface area contributed by atoms with Gasteiger partial charge in [0.25, 0.3) is 5.56 Å². The van der Waals surface area contributed by atoms with Crippen molar-refractivity contribution in [3.05, 3.63) is 46.1 Å². The van der Waals surface area contributed by atoms with E-state index >= 15 is 0 Å². The van der Waals surface area contributed by atoms with Crippen LogP contribution in [-0.4, -0.2) is 39.1 Å². The second-order valence-electron chi connectivity index (χ2n) is 6.79. The Balaban J connectivity index is 1.54. The lowest BCUT2D eigenvalue weighted by Gasteiger charge is -2.33. The minimum atomic E-state index is -0.151. The predicted molar refractivity (Wildman–Crippen MR) is 111 cm³/mol. The molecule has 7 heteroatoms. The van der Waals surface area contributed by atoms with E-state index in [9.17, 15) is 9.59 Å². The molecule has 140 valence electrons. The van der Waals surface area contributed by atoms with E-state index in [-0.39, 0.29) is 11.5 Å². The topological polar surface area (TPSA) is 66.1 Å². The zero-order valence-electron chi connectivity index (χ0n) is 15.1. The Labute approximate surface area is 165 Å². The van der Waals surface area contributed by atoms with Crippen LogP contribution in [0, 0.1) is 0 Å². The molecule has 0 aliphatic carbocycles. The molecule has 1 aliphatic heterocycles. The summed E-state index contributed by atoms with van der Waals surface area (Å²) in [5.74, 6) is 0.418. The summed E-state index contributed by atoms with van der Waals surface area (Å²) in [4.78, 5) is 35.2. The van der Waals surface area contributed by atoms with Gasteiger partial charge in [0.1, 0.15) is 4.83 Å². The average Bonchev–Trinajstić information content (AvgIpc) is 3.12. The summed E-state index contributed by atoms with van der Waals surface area (Å²) in [6, 6.07) is 10.1. The van der Waals surface area contributed by atoms with Crippen molar-refractivity contribution in [1.82, 2.24) is 14.9 Å². The number of rotatable bonds is 4. The summed E-state index contributed by atoms with van der Waals surface area (Å²) in [6.07, 6.45) is 3.32. The van der Waals surface area contributed by atoms with Crippen molar-refractivity contribution in [3.8, 4) is 11.1 Å². The van der Waals surface area contributed by atoms with Gasteiger partial charge >= 0.3 is 0 Å². The Hall–Kier alpha value is -2.12. The van der Waals surface area contributed by atoms with Gasteiger partial charge in [-0.25, -0.2) is 4.98 Å². The number of fused-ring (bicyclic) bond motifs is 1. The number of piperidine rings is 1. The maximum absolute atomic E-state index is 12.7. The van der Waals surface area contributed by atoms with Gasteiger partial charge in [-0.3, -0.25) is 9.59 Å². The van der Waals surface area contributed by atoms with Gasteiger partial charge in [-0.15, -0.1) is 11.3 Å². The molecule has 1 saturated heterocycles. The van der Waals surface area contributed by atoms with Gasteiger partial charge in [0.2, 0.25) is 5.91 Å². The molecule has 0 saturated carbocycles. The van der Waals surface area contributed by atoms with E-state index in [1.807, 2.05) is 40.6 Å². The molecular weight excluding hydrogens is 378 g/mol. The fourth-order valence-corrected chi connectivity index (χ4v) is 5.26. The monoisotopic (exact) mass is 399 g/mol. The normalized spacial score (nSPS) is 17.4. The number of aromatic amines is 1. The van der Waals surface area contributed by atoms with E-state index in [0.29, 0.717) is 27.2 Å². The Morgan fingerprint density at radius 1 is 1.33 bits per heavy atom. The Morgan fingerprint density at radius 2 is 2.15 bits per heavy atom. The van der Waals surface area contributed by atoms with Crippen LogP contribution in [0.1, 0.15) is 26.2 Å². The molecule has 4 rings (SSSR count). The highest BCUT2D eigenvalue weighted by molar-refractivity contribution is 7.99. The third kappa shape index (κ3) is 3.80. The number of carbonyl (C=O) groups excluding carboxylic acids is 1. The molecule has 27 heavy (non-hydrogen) atoms. The maximum Gasteiger partial charge on any atom is 0.260 e. The Bertz CT molecular complexity index is 1010. The van der Waals surface area contributed by atoms with Crippen LogP contribution in [0.15, 0.2) is 45.7 Å². The first-order valence-electron chi connectivity index (χ1n) is 9.12.